The number of benzene rings is 1. The maximum atomic E-state index is 12.5. The molecule has 1 saturated heterocycles. The zero-order valence-corrected chi connectivity index (χ0v) is 15.9. The van der Waals surface area contributed by atoms with Gasteiger partial charge in [0.2, 0.25) is 10.0 Å². The quantitative estimate of drug-likeness (QED) is 0.837. The van der Waals surface area contributed by atoms with Crippen molar-refractivity contribution < 1.29 is 18.3 Å². The van der Waals surface area contributed by atoms with Crippen LogP contribution >= 0.6 is 15.9 Å². The van der Waals surface area contributed by atoms with Crippen LogP contribution in [0.3, 0.4) is 0 Å². The summed E-state index contributed by atoms with van der Waals surface area (Å²) in [5.41, 5.74) is 2.37. The molecule has 23 heavy (non-hydrogen) atoms. The summed E-state index contributed by atoms with van der Waals surface area (Å²) in [4.78, 5) is 11.3. The van der Waals surface area contributed by atoms with Gasteiger partial charge in [-0.25, -0.2) is 12.7 Å². The van der Waals surface area contributed by atoms with Crippen molar-refractivity contribution in [3.63, 3.8) is 0 Å². The van der Waals surface area contributed by atoms with E-state index in [0.29, 0.717) is 31.8 Å². The second-order valence-electron chi connectivity index (χ2n) is 6.50. The molecule has 1 N–H and O–H groups in total. The third-order valence-electron chi connectivity index (χ3n) is 4.61. The van der Waals surface area contributed by atoms with Crippen molar-refractivity contribution in [1.82, 2.24) is 4.31 Å². The number of nitrogens with zero attached hydrogens (tertiary/aromatic N) is 1. The van der Waals surface area contributed by atoms with Crippen molar-refractivity contribution in [3.05, 3.63) is 33.8 Å². The van der Waals surface area contributed by atoms with Crippen molar-refractivity contribution in [1.29, 1.82) is 0 Å². The van der Waals surface area contributed by atoms with Crippen molar-refractivity contribution in [3.8, 4) is 0 Å². The first kappa shape index (κ1) is 18.4. The lowest BCUT2D eigenvalue weighted by molar-refractivity contribution is -0.139. The number of aryl methyl sites for hydroxylation is 1. The molecule has 1 heterocycles. The van der Waals surface area contributed by atoms with Crippen molar-refractivity contribution in [2.75, 3.05) is 13.1 Å². The Morgan fingerprint density at radius 1 is 1.30 bits per heavy atom. The number of hydrogen-bond acceptors (Lipinski definition) is 3. The summed E-state index contributed by atoms with van der Waals surface area (Å²) in [6.45, 7) is 5.24. The van der Waals surface area contributed by atoms with E-state index in [1.807, 2.05) is 13.0 Å². The van der Waals surface area contributed by atoms with E-state index in [9.17, 15) is 18.3 Å². The molecule has 0 radical (unpaired) electrons. The lowest BCUT2D eigenvalue weighted by atomic mass is 9.89. The van der Waals surface area contributed by atoms with Gasteiger partial charge in [0.15, 0.2) is 4.75 Å². The Hall–Kier alpha value is -0.920. The predicted molar refractivity (Wildman–Crippen MR) is 93.1 cm³/mol. The SMILES string of the molecule is Cc1cc(C2CCN(S(=O)(=O)C(C)(C)C(=O)O)CC2)ccc1Br. The molecule has 1 aliphatic rings. The van der Waals surface area contributed by atoms with E-state index < -0.39 is 20.7 Å². The molecule has 0 spiro atoms. The van der Waals surface area contributed by atoms with E-state index in [1.54, 1.807) is 0 Å². The van der Waals surface area contributed by atoms with Gasteiger partial charge >= 0.3 is 5.97 Å². The van der Waals surface area contributed by atoms with E-state index in [0.717, 1.165) is 10.0 Å². The molecule has 1 aromatic carbocycles. The zero-order valence-electron chi connectivity index (χ0n) is 13.5. The number of aliphatic carboxylic acids is 1. The van der Waals surface area contributed by atoms with E-state index in [4.69, 9.17) is 0 Å². The highest BCUT2D eigenvalue weighted by molar-refractivity contribution is 9.10. The second kappa shape index (κ2) is 6.53. The lowest BCUT2D eigenvalue weighted by Crippen LogP contribution is -2.51. The standard InChI is InChI=1S/C16H22BrNO4S/c1-11-10-13(4-5-14(11)17)12-6-8-18(9-7-12)23(21,22)16(2,3)15(19)20/h4-5,10,12H,6-9H2,1-3H3,(H,19,20). The fourth-order valence-corrected chi connectivity index (χ4v) is 4.59. The predicted octanol–water partition coefficient (Wildman–Crippen LogP) is 3.13. The largest absolute Gasteiger partial charge is 0.480 e. The van der Waals surface area contributed by atoms with E-state index in [2.05, 4.69) is 28.1 Å². The smallest absolute Gasteiger partial charge is 0.325 e. The third kappa shape index (κ3) is 3.46. The Balaban J connectivity index is 2.12. The van der Waals surface area contributed by atoms with E-state index >= 15 is 0 Å². The van der Waals surface area contributed by atoms with Gasteiger partial charge < -0.3 is 5.11 Å². The minimum atomic E-state index is -3.86. The van der Waals surface area contributed by atoms with Crippen LogP contribution < -0.4 is 0 Å². The summed E-state index contributed by atoms with van der Waals surface area (Å²) in [5.74, 6) is -1.01. The number of hydrogen-bond donors (Lipinski definition) is 1. The topological polar surface area (TPSA) is 74.7 Å². The Bertz CT molecular complexity index is 707. The van der Waals surface area contributed by atoms with Crippen molar-refractivity contribution >= 4 is 31.9 Å². The highest BCUT2D eigenvalue weighted by Gasteiger charge is 2.46. The summed E-state index contributed by atoms with van der Waals surface area (Å²) >= 11 is 3.48. The Kier molecular flexibility index (Phi) is 5.23. The molecule has 1 fully saturated rings. The van der Waals surface area contributed by atoms with Gasteiger partial charge in [-0.15, -0.1) is 0 Å². The Labute approximate surface area is 145 Å². The number of halogens is 1. The first-order chi connectivity index (χ1) is 10.6. The van der Waals surface area contributed by atoms with Gasteiger partial charge in [0.05, 0.1) is 0 Å². The molecule has 0 unspecified atom stereocenters. The van der Waals surface area contributed by atoms with Gasteiger partial charge in [-0.05, 0) is 56.7 Å². The molecule has 128 valence electrons. The number of piperidine rings is 1. The molecule has 0 bridgehead atoms. The summed E-state index contributed by atoms with van der Waals surface area (Å²) in [5, 5.41) is 9.18. The number of carboxylic acids is 1. The first-order valence-corrected chi connectivity index (χ1v) is 9.80. The highest BCUT2D eigenvalue weighted by Crippen LogP contribution is 2.33. The van der Waals surface area contributed by atoms with E-state index in [-0.39, 0.29) is 0 Å². The molecule has 0 saturated carbocycles. The van der Waals surface area contributed by atoms with Crippen molar-refractivity contribution in [2.45, 2.75) is 44.3 Å². The molecule has 1 aliphatic heterocycles. The van der Waals surface area contributed by atoms with Crippen LogP contribution in [0.15, 0.2) is 22.7 Å². The maximum absolute atomic E-state index is 12.5. The van der Waals surface area contributed by atoms with Gasteiger partial charge in [0, 0.05) is 17.6 Å². The average molecular weight is 404 g/mol. The molecule has 7 heteroatoms. The molecule has 0 atom stereocenters. The Morgan fingerprint density at radius 2 is 1.87 bits per heavy atom. The summed E-state index contributed by atoms with van der Waals surface area (Å²) in [6, 6.07) is 6.20. The van der Waals surface area contributed by atoms with Crippen LogP contribution in [0.4, 0.5) is 0 Å². The fourth-order valence-electron chi connectivity index (χ4n) is 2.78. The molecule has 0 aliphatic carbocycles. The molecule has 2 rings (SSSR count). The van der Waals surface area contributed by atoms with Crippen LogP contribution in [0.25, 0.3) is 0 Å². The number of sulfonamides is 1. The minimum absolute atomic E-state index is 0.307. The Morgan fingerprint density at radius 3 is 2.35 bits per heavy atom. The second-order valence-corrected chi connectivity index (χ2v) is 9.84. The summed E-state index contributed by atoms with van der Waals surface area (Å²) in [7, 11) is -3.86. The third-order valence-corrected chi connectivity index (χ3v) is 8.01. The molecular weight excluding hydrogens is 382 g/mol. The minimum Gasteiger partial charge on any atom is -0.480 e. The van der Waals surface area contributed by atoms with Crippen molar-refractivity contribution in [2.24, 2.45) is 0 Å². The normalized spacial score (nSPS) is 18.1. The molecule has 5 nitrogen and oxygen atoms in total. The van der Waals surface area contributed by atoms with Gasteiger partial charge in [0.1, 0.15) is 0 Å². The molecule has 0 amide bonds. The van der Waals surface area contributed by atoms with Crippen LogP contribution in [0.2, 0.25) is 0 Å². The zero-order chi connectivity index (χ0) is 17.4. The van der Waals surface area contributed by atoms with Crippen LogP contribution in [0.5, 0.6) is 0 Å². The summed E-state index contributed by atoms with van der Waals surface area (Å²) in [6.07, 6.45) is 1.41. The molecule has 0 aromatic heterocycles. The molecule has 1 aromatic rings. The average Bonchev–Trinajstić information content (AvgIpc) is 2.49. The fraction of sp³-hybridized carbons (Fsp3) is 0.562. The van der Waals surface area contributed by atoms with Crippen LogP contribution in [-0.4, -0.2) is 41.6 Å². The van der Waals surface area contributed by atoms with Gasteiger partial charge in [-0.3, -0.25) is 4.79 Å². The summed E-state index contributed by atoms with van der Waals surface area (Å²) < 4.78 is 25.6. The maximum Gasteiger partial charge on any atom is 0.325 e. The molecular formula is C16H22BrNO4S. The lowest BCUT2D eigenvalue weighted by Gasteiger charge is -2.35. The van der Waals surface area contributed by atoms with Gasteiger partial charge in [0.25, 0.3) is 0 Å². The monoisotopic (exact) mass is 403 g/mol. The van der Waals surface area contributed by atoms with Gasteiger partial charge in [-0.1, -0.05) is 28.1 Å². The first-order valence-electron chi connectivity index (χ1n) is 7.56. The van der Waals surface area contributed by atoms with Crippen LogP contribution in [0.1, 0.15) is 43.7 Å². The highest BCUT2D eigenvalue weighted by atomic mass is 79.9. The van der Waals surface area contributed by atoms with Gasteiger partial charge in [-0.2, -0.15) is 0 Å². The van der Waals surface area contributed by atoms with E-state index in [1.165, 1.54) is 23.7 Å². The number of carbonyl (C=O) groups is 1. The number of rotatable bonds is 4. The van der Waals surface area contributed by atoms with Crippen LogP contribution in [0, 0.1) is 6.92 Å². The number of carboxylic acid groups (broad SMARTS) is 1. The van der Waals surface area contributed by atoms with Crippen LogP contribution in [-0.2, 0) is 14.8 Å².